The summed E-state index contributed by atoms with van der Waals surface area (Å²) in [4.78, 5) is 11.2. The van der Waals surface area contributed by atoms with Crippen LogP contribution < -0.4 is 0 Å². The maximum Gasteiger partial charge on any atom is 0.422 e. The lowest BCUT2D eigenvalue weighted by molar-refractivity contribution is -0.152. The van der Waals surface area contributed by atoms with Crippen LogP contribution in [0.15, 0.2) is 0 Å². The van der Waals surface area contributed by atoms with Crippen LogP contribution >= 0.6 is 0 Å². The fourth-order valence-corrected chi connectivity index (χ4v) is 1.53. The Hall–Kier alpha value is -0.453. The summed E-state index contributed by atoms with van der Waals surface area (Å²) in [5, 5.41) is 0. The van der Waals surface area contributed by atoms with Crippen LogP contribution in [0.1, 0.15) is 27.2 Å². The largest absolute Gasteiger partial charge is 0.465 e. The number of halogens is 2. The van der Waals surface area contributed by atoms with E-state index >= 15 is 0 Å². The van der Waals surface area contributed by atoms with Crippen molar-refractivity contribution in [1.82, 2.24) is 0 Å². The SMILES string of the molecule is CC(C)(C)C(=O)OCCC[Si](C)(F)F. The fraction of sp³-hybridized carbons (Fsp3) is 0.889. The van der Waals surface area contributed by atoms with Gasteiger partial charge in [-0.2, -0.15) is 0 Å². The first-order valence-electron chi connectivity index (χ1n) is 4.68. The Kier molecular flexibility index (Phi) is 4.71. The van der Waals surface area contributed by atoms with Crippen LogP contribution in [0.5, 0.6) is 0 Å². The van der Waals surface area contributed by atoms with Gasteiger partial charge in [-0.1, -0.05) is 0 Å². The maximum absolute atomic E-state index is 12.5. The van der Waals surface area contributed by atoms with Crippen molar-refractivity contribution in [1.29, 1.82) is 0 Å². The van der Waals surface area contributed by atoms with Gasteiger partial charge in [0.1, 0.15) is 0 Å². The second-order valence-electron chi connectivity index (χ2n) is 4.56. The van der Waals surface area contributed by atoms with Crippen molar-refractivity contribution in [3.05, 3.63) is 0 Å². The van der Waals surface area contributed by atoms with E-state index in [2.05, 4.69) is 0 Å². The molecule has 0 spiro atoms. The highest BCUT2D eigenvalue weighted by molar-refractivity contribution is 6.64. The van der Waals surface area contributed by atoms with E-state index < -0.39 is 14.2 Å². The van der Waals surface area contributed by atoms with Crippen LogP contribution in [0.25, 0.3) is 0 Å². The van der Waals surface area contributed by atoms with Gasteiger partial charge in [-0.05, 0) is 33.7 Å². The van der Waals surface area contributed by atoms with Gasteiger partial charge in [0.15, 0.2) is 0 Å². The topological polar surface area (TPSA) is 26.3 Å². The van der Waals surface area contributed by atoms with Gasteiger partial charge < -0.3 is 4.74 Å². The Labute approximate surface area is 85.0 Å². The molecule has 0 heterocycles. The van der Waals surface area contributed by atoms with E-state index in [-0.39, 0.29) is 25.0 Å². The fourth-order valence-electron chi connectivity index (χ4n) is 0.764. The molecule has 2 nitrogen and oxygen atoms in total. The van der Waals surface area contributed by atoms with Crippen molar-refractivity contribution in [2.24, 2.45) is 5.41 Å². The number of carbonyl (C=O) groups is 1. The lowest BCUT2D eigenvalue weighted by Crippen LogP contribution is -2.24. The van der Waals surface area contributed by atoms with Crippen LogP contribution in [0, 0.1) is 5.41 Å². The lowest BCUT2D eigenvalue weighted by Gasteiger charge is -2.16. The summed E-state index contributed by atoms with van der Waals surface area (Å²) in [5.74, 6) is -0.335. The molecule has 14 heavy (non-hydrogen) atoms. The zero-order valence-corrected chi connectivity index (χ0v) is 10.2. The van der Waals surface area contributed by atoms with Crippen molar-refractivity contribution in [2.75, 3.05) is 6.61 Å². The van der Waals surface area contributed by atoms with E-state index in [9.17, 15) is 13.0 Å². The molecule has 0 saturated heterocycles. The smallest absolute Gasteiger partial charge is 0.422 e. The molecule has 0 fully saturated rings. The standard InChI is InChI=1S/C9H18F2O2Si/c1-9(2,3)8(12)13-6-5-7-14(4,10)11/h5-7H2,1-4H3. The molecule has 0 radical (unpaired) electrons. The lowest BCUT2D eigenvalue weighted by atomic mass is 9.97. The normalized spacial score (nSPS) is 12.7. The van der Waals surface area contributed by atoms with Gasteiger partial charge in [0.2, 0.25) is 0 Å². The van der Waals surface area contributed by atoms with Crippen molar-refractivity contribution < 1.29 is 17.7 Å². The number of esters is 1. The summed E-state index contributed by atoms with van der Waals surface area (Å²) < 4.78 is 29.8. The Morgan fingerprint density at radius 3 is 2.21 bits per heavy atom. The monoisotopic (exact) mass is 224 g/mol. The van der Waals surface area contributed by atoms with Gasteiger partial charge in [-0.15, -0.1) is 0 Å². The van der Waals surface area contributed by atoms with Gasteiger partial charge in [0.25, 0.3) is 0 Å². The second kappa shape index (κ2) is 4.86. The van der Waals surface area contributed by atoms with E-state index in [1.54, 1.807) is 20.8 Å². The van der Waals surface area contributed by atoms with Crippen molar-refractivity contribution in [3.63, 3.8) is 0 Å². The first-order valence-corrected chi connectivity index (χ1v) is 7.14. The van der Waals surface area contributed by atoms with E-state index in [1.165, 1.54) is 0 Å². The summed E-state index contributed by atoms with van der Waals surface area (Å²) in [6, 6.07) is -0.107. The molecule has 0 aliphatic rings. The molecule has 0 aliphatic heterocycles. The summed E-state index contributed by atoms with van der Waals surface area (Å²) in [5.41, 5.74) is -0.549. The molecule has 0 saturated carbocycles. The summed E-state index contributed by atoms with van der Waals surface area (Å²) in [7, 11) is -3.97. The predicted molar refractivity (Wildman–Crippen MR) is 53.7 cm³/mol. The van der Waals surface area contributed by atoms with Crippen LogP contribution in [0.4, 0.5) is 8.22 Å². The van der Waals surface area contributed by atoms with Crippen LogP contribution in [0.3, 0.4) is 0 Å². The van der Waals surface area contributed by atoms with E-state index in [4.69, 9.17) is 4.74 Å². The molecule has 0 N–H and O–H groups in total. The van der Waals surface area contributed by atoms with Crippen LogP contribution in [0.2, 0.25) is 12.6 Å². The van der Waals surface area contributed by atoms with Gasteiger partial charge in [-0.25, -0.2) is 0 Å². The molecule has 0 amide bonds. The van der Waals surface area contributed by atoms with Gasteiger partial charge in [0, 0.05) is 6.04 Å². The number of hydrogen-bond donors (Lipinski definition) is 0. The summed E-state index contributed by atoms with van der Waals surface area (Å²) >= 11 is 0. The minimum absolute atomic E-state index is 0.104. The van der Waals surface area contributed by atoms with Crippen LogP contribution in [-0.2, 0) is 9.53 Å². The maximum atomic E-state index is 12.5. The third-order valence-corrected chi connectivity index (χ3v) is 2.84. The molecule has 0 bridgehead atoms. The molecule has 0 aliphatic carbocycles. The van der Waals surface area contributed by atoms with Crippen molar-refractivity contribution >= 4 is 14.7 Å². The third-order valence-electron chi connectivity index (χ3n) is 1.61. The van der Waals surface area contributed by atoms with Crippen molar-refractivity contribution in [2.45, 2.75) is 39.8 Å². The molecule has 0 aromatic heterocycles. The minimum atomic E-state index is -3.97. The van der Waals surface area contributed by atoms with Crippen molar-refractivity contribution in [3.8, 4) is 0 Å². The first kappa shape index (κ1) is 13.5. The second-order valence-corrected chi connectivity index (χ2v) is 7.20. The molecular weight excluding hydrogens is 206 g/mol. The highest BCUT2D eigenvalue weighted by Crippen LogP contribution is 2.17. The van der Waals surface area contributed by atoms with E-state index in [0.717, 1.165) is 6.55 Å². The average Bonchev–Trinajstić information content (AvgIpc) is 1.93. The Morgan fingerprint density at radius 1 is 1.36 bits per heavy atom. The highest BCUT2D eigenvalue weighted by Gasteiger charge is 2.27. The molecule has 0 unspecified atom stereocenters. The first-order chi connectivity index (χ1) is 6.13. The van der Waals surface area contributed by atoms with Gasteiger partial charge in [0.05, 0.1) is 12.0 Å². The highest BCUT2D eigenvalue weighted by atomic mass is 28.4. The Morgan fingerprint density at radius 2 is 1.86 bits per heavy atom. The molecule has 0 rings (SSSR count). The van der Waals surface area contributed by atoms with E-state index in [0.29, 0.717) is 0 Å². The minimum Gasteiger partial charge on any atom is -0.465 e. The van der Waals surface area contributed by atoms with Gasteiger partial charge in [-0.3, -0.25) is 13.0 Å². The Balaban J connectivity index is 3.62. The number of hydrogen-bond acceptors (Lipinski definition) is 2. The average molecular weight is 224 g/mol. The molecule has 84 valence electrons. The zero-order valence-electron chi connectivity index (χ0n) is 9.19. The molecule has 0 aromatic carbocycles. The number of carbonyl (C=O) groups excluding carboxylic acids is 1. The quantitative estimate of drug-likeness (QED) is 0.317. The molecule has 0 aromatic rings. The number of ether oxygens (including phenoxy) is 1. The Bertz CT molecular complexity index is 194. The molecule has 5 heteroatoms. The summed E-state index contributed by atoms with van der Waals surface area (Å²) in [6.45, 7) is 6.31. The molecular formula is C9H18F2O2Si. The number of rotatable bonds is 4. The van der Waals surface area contributed by atoms with Gasteiger partial charge >= 0.3 is 14.7 Å². The van der Waals surface area contributed by atoms with Crippen LogP contribution in [-0.4, -0.2) is 21.3 Å². The van der Waals surface area contributed by atoms with E-state index in [1.807, 2.05) is 0 Å². The predicted octanol–water partition coefficient (Wildman–Crippen LogP) is 2.98. The summed E-state index contributed by atoms with van der Waals surface area (Å²) in [6.07, 6.45) is 0.261. The zero-order chi connectivity index (χ0) is 11.4. The molecule has 0 atom stereocenters. The third kappa shape index (κ3) is 7.00.